The van der Waals surface area contributed by atoms with E-state index in [1.165, 1.54) is 35.2 Å². The Morgan fingerprint density at radius 1 is 1.29 bits per heavy atom. The number of rotatable bonds is 5. The fourth-order valence-electron chi connectivity index (χ4n) is 3.87. The zero-order valence-corrected chi connectivity index (χ0v) is 14.7. The molecule has 2 rings (SSSR count). The number of hydrogen-bond acceptors (Lipinski definition) is 2. The molecule has 0 aliphatic carbocycles. The number of nitrogens with one attached hydrogen (secondary N) is 1. The van der Waals surface area contributed by atoms with E-state index in [-0.39, 0.29) is 5.54 Å². The van der Waals surface area contributed by atoms with Crippen LogP contribution in [0.5, 0.6) is 0 Å². The van der Waals surface area contributed by atoms with E-state index in [1.54, 1.807) is 0 Å². The summed E-state index contributed by atoms with van der Waals surface area (Å²) in [7, 11) is 0. The summed E-state index contributed by atoms with van der Waals surface area (Å²) in [6.07, 6.45) is 2.43. The van der Waals surface area contributed by atoms with Gasteiger partial charge in [0.25, 0.3) is 0 Å². The minimum atomic E-state index is 0.260. The summed E-state index contributed by atoms with van der Waals surface area (Å²) in [6, 6.07) is 4.87. The standard InChI is InChI=1S/C19H32N2/c1-7-9-20-13-16-11-17-15(4)12-19(5,6)21(8-2)18(17)10-14(16)3/h10-11,15,20H,7-9,12-13H2,1-6H3/t15-/m1/s1. The van der Waals surface area contributed by atoms with Gasteiger partial charge in [-0.2, -0.15) is 0 Å². The van der Waals surface area contributed by atoms with Crippen LogP contribution in [0.25, 0.3) is 0 Å². The smallest absolute Gasteiger partial charge is 0.0408 e. The third-order valence-electron chi connectivity index (χ3n) is 4.90. The summed E-state index contributed by atoms with van der Waals surface area (Å²) in [5.74, 6) is 0.642. The summed E-state index contributed by atoms with van der Waals surface area (Å²) in [5, 5.41) is 3.54. The highest BCUT2D eigenvalue weighted by atomic mass is 15.2. The number of hydrogen-bond donors (Lipinski definition) is 1. The summed E-state index contributed by atoms with van der Waals surface area (Å²) in [6.45, 7) is 17.1. The second kappa shape index (κ2) is 6.39. The number of anilines is 1. The van der Waals surface area contributed by atoms with Crippen molar-refractivity contribution >= 4 is 5.69 Å². The number of nitrogens with zero attached hydrogens (tertiary/aromatic N) is 1. The molecule has 1 heterocycles. The predicted octanol–water partition coefficient (Wildman–Crippen LogP) is 4.61. The summed E-state index contributed by atoms with van der Waals surface area (Å²) >= 11 is 0. The van der Waals surface area contributed by atoms with Crippen molar-refractivity contribution in [3.8, 4) is 0 Å². The van der Waals surface area contributed by atoms with E-state index in [9.17, 15) is 0 Å². The monoisotopic (exact) mass is 288 g/mol. The van der Waals surface area contributed by atoms with E-state index in [0.717, 1.165) is 19.6 Å². The summed E-state index contributed by atoms with van der Waals surface area (Å²) in [5.41, 5.74) is 6.13. The molecule has 1 aliphatic heterocycles. The molecule has 21 heavy (non-hydrogen) atoms. The Morgan fingerprint density at radius 2 is 2.00 bits per heavy atom. The van der Waals surface area contributed by atoms with Crippen LogP contribution in [0.2, 0.25) is 0 Å². The van der Waals surface area contributed by atoms with Gasteiger partial charge in [0, 0.05) is 24.3 Å². The largest absolute Gasteiger partial charge is 0.366 e. The molecule has 1 aliphatic rings. The molecule has 0 radical (unpaired) electrons. The Labute approximate surface area is 130 Å². The first-order chi connectivity index (χ1) is 9.90. The van der Waals surface area contributed by atoms with Crippen LogP contribution >= 0.6 is 0 Å². The third-order valence-corrected chi connectivity index (χ3v) is 4.90. The van der Waals surface area contributed by atoms with Crippen molar-refractivity contribution in [3.05, 3.63) is 28.8 Å². The molecule has 0 amide bonds. The molecule has 0 bridgehead atoms. The lowest BCUT2D eigenvalue weighted by Gasteiger charge is -2.47. The van der Waals surface area contributed by atoms with E-state index < -0.39 is 0 Å². The molecule has 2 heteroatoms. The SMILES string of the molecule is CCCNCc1cc2c(cc1C)N(CC)C(C)(C)C[C@H]2C. The van der Waals surface area contributed by atoms with Crippen LogP contribution < -0.4 is 10.2 Å². The molecule has 1 aromatic carbocycles. The van der Waals surface area contributed by atoms with Crippen LogP contribution in [0.15, 0.2) is 12.1 Å². The van der Waals surface area contributed by atoms with Gasteiger partial charge in [0.1, 0.15) is 0 Å². The average molecular weight is 288 g/mol. The Hall–Kier alpha value is -1.02. The van der Waals surface area contributed by atoms with Gasteiger partial charge in [-0.25, -0.2) is 0 Å². The van der Waals surface area contributed by atoms with Crippen molar-refractivity contribution in [2.45, 2.75) is 72.4 Å². The van der Waals surface area contributed by atoms with Gasteiger partial charge < -0.3 is 10.2 Å². The fourth-order valence-corrected chi connectivity index (χ4v) is 3.87. The maximum Gasteiger partial charge on any atom is 0.0408 e. The Kier molecular flexibility index (Phi) is 4.98. The Bertz CT molecular complexity index is 491. The quantitative estimate of drug-likeness (QED) is 0.796. The van der Waals surface area contributed by atoms with Crippen molar-refractivity contribution in [1.82, 2.24) is 5.32 Å². The molecule has 2 nitrogen and oxygen atoms in total. The number of aryl methyl sites for hydroxylation is 1. The minimum Gasteiger partial charge on any atom is -0.366 e. The highest BCUT2D eigenvalue weighted by molar-refractivity contribution is 5.62. The summed E-state index contributed by atoms with van der Waals surface area (Å²) < 4.78 is 0. The Morgan fingerprint density at radius 3 is 2.62 bits per heavy atom. The summed E-state index contributed by atoms with van der Waals surface area (Å²) in [4.78, 5) is 2.58. The fraction of sp³-hybridized carbons (Fsp3) is 0.684. The van der Waals surface area contributed by atoms with Gasteiger partial charge in [-0.1, -0.05) is 19.9 Å². The van der Waals surface area contributed by atoms with Gasteiger partial charge in [-0.05, 0) is 75.8 Å². The van der Waals surface area contributed by atoms with Crippen LogP contribution in [-0.2, 0) is 6.54 Å². The first-order valence-electron chi connectivity index (χ1n) is 8.52. The molecular formula is C19H32N2. The van der Waals surface area contributed by atoms with E-state index in [1.807, 2.05) is 0 Å². The van der Waals surface area contributed by atoms with E-state index >= 15 is 0 Å². The highest BCUT2D eigenvalue weighted by Crippen LogP contribution is 2.44. The lowest BCUT2D eigenvalue weighted by atomic mass is 9.79. The second-order valence-corrected chi connectivity index (χ2v) is 7.18. The maximum absolute atomic E-state index is 3.54. The second-order valence-electron chi connectivity index (χ2n) is 7.18. The van der Waals surface area contributed by atoms with Crippen LogP contribution in [0.1, 0.15) is 70.1 Å². The van der Waals surface area contributed by atoms with E-state index in [0.29, 0.717) is 5.92 Å². The topological polar surface area (TPSA) is 15.3 Å². The molecule has 118 valence electrons. The molecule has 1 atom stereocenters. The van der Waals surface area contributed by atoms with Gasteiger partial charge in [-0.15, -0.1) is 0 Å². The molecule has 0 fully saturated rings. The van der Waals surface area contributed by atoms with Crippen LogP contribution in [-0.4, -0.2) is 18.6 Å². The average Bonchev–Trinajstić information content (AvgIpc) is 2.39. The molecule has 0 saturated heterocycles. The van der Waals surface area contributed by atoms with Gasteiger partial charge in [0.05, 0.1) is 0 Å². The van der Waals surface area contributed by atoms with E-state index in [4.69, 9.17) is 0 Å². The number of fused-ring (bicyclic) bond motifs is 1. The predicted molar refractivity (Wildman–Crippen MR) is 93.3 cm³/mol. The molecule has 1 aromatic rings. The first-order valence-corrected chi connectivity index (χ1v) is 8.52. The normalized spacial score (nSPS) is 20.5. The van der Waals surface area contributed by atoms with Crippen molar-refractivity contribution < 1.29 is 0 Å². The van der Waals surface area contributed by atoms with Crippen LogP contribution in [0, 0.1) is 6.92 Å². The van der Waals surface area contributed by atoms with Crippen molar-refractivity contribution in [2.75, 3.05) is 18.0 Å². The number of benzene rings is 1. The lowest BCUT2D eigenvalue weighted by Crippen LogP contribution is -2.48. The molecule has 0 spiro atoms. The van der Waals surface area contributed by atoms with Gasteiger partial charge in [0.2, 0.25) is 0 Å². The van der Waals surface area contributed by atoms with Gasteiger partial charge in [-0.3, -0.25) is 0 Å². The third kappa shape index (κ3) is 3.26. The van der Waals surface area contributed by atoms with Gasteiger partial charge in [0.15, 0.2) is 0 Å². The van der Waals surface area contributed by atoms with Crippen LogP contribution in [0.3, 0.4) is 0 Å². The lowest BCUT2D eigenvalue weighted by molar-refractivity contribution is 0.381. The zero-order chi connectivity index (χ0) is 15.6. The molecule has 0 saturated carbocycles. The van der Waals surface area contributed by atoms with Crippen molar-refractivity contribution in [2.24, 2.45) is 0 Å². The van der Waals surface area contributed by atoms with Crippen molar-refractivity contribution in [3.63, 3.8) is 0 Å². The van der Waals surface area contributed by atoms with Crippen LogP contribution in [0.4, 0.5) is 5.69 Å². The highest BCUT2D eigenvalue weighted by Gasteiger charge is 2.35. The van der Waals surface area contributed by atoms with E-state index in [2.05, 4.69) is 63.9 Å². The first kappa shape index (κ1) is 16.4. The van der Waals surface area contributed by atoms with Gasteiger partial charge >= 0.3 is 0 Å². The molecular weight excluding hydrogens is 256 g/mol. The minimum absolute atomic E-state index is 0.260. The Balaban J connectivity index is 2.37. The maximum atomic E-state index is 3.54. The molecule has 0 unspecified atom stereocenters. The molecule has 0 aromatic heterocycles. The van der Waals surface area contributed by atoms with Crippen molar-refractivity contribution in [1.29, 1.82) is 0 Å². The zero-order valence-electron chi connectivity index (χ0n) is 14.7. The molecule has 1 N–H and O–H groups in total.